The van der Waals surface area contributed by atoms with Crippen molar-refractivity contribution in [3.63, 3.8) is 0 Å². The van der Waals surface area contributed by atoms with Crippen LogP contribution in [0.1, 0.15) is 23.7 Å². The van der Waals surface area contributed by atoms with Gasteiger partial charge in [-0.2, -0.15) is 8.42 Å². The van der Waals surface area contributed by atoms with Crippen molar-refractivity contribution in [3.8, 4) is 0 Å². The van der Waals surface area contributed by atoms with Gasteiger partial charge >= 0.3 is 0 Å². The number of halogens is 1. The zero-order valence-corrected chi connectivity index (χ0v) is 14.6. The monoisotopic (exact) mass is 362 g/mol. The summed E-state index contributed by atoms with van der Waals surface area (Å²) < 4.78 is 46.9. The minimum atomic E-state index is -3.56. The van der Waals surface area contributed by atoms with Crippen molar-refractivity contribution in [1.82, 2.24) is 0 Å². The first-order chi connectivity index (χ1) is 11.9. The maximum atomic E-state index is 13.1. The smallest absolute Gasteiger partial charge is 0.264 e. The highest BCUT2D eigenvalue weighted by Crippen LogP contribution is 2.35. The lowest BCUT2D eigenvalue weighted by atomic mass is 9.92. The first kappa shape index (κ1) is 17.8. The van der Waals surface area contributed by atoms with Crippen LogP contribution in [0.4, 0.5) is 4.39 Å². The first-order valence-corrected chi connectivity index (χ1v) is 9.73. The van der Waals surface area contributed by atoms with E-state index in [1.165, 1.54) is 12.1 Å². The van der Waals surface area contributed by atoms with Crippen LogP contribution < -0.4 is 0 Å². The zero-order valence-electron chi connectivity index (χ0n) is 13.8. The topological polar surface area (TPSA) is 52.6 Å². The van der Waals surface area contributed by atoms with E-state index in [-0.39, 0.29) is 18.5 Å². The van der Waals surface area contributed by atoms with Gasteiger partial charge in [-0.25, -0.2) is 4.39 Å². The van der Waals surface area contributed by atoms with Gasteiger partial charge in [0.15, 0.2) is 0 Å². The summed E-state index contributed by atoms with van der Waals surface area (Å²) in [5, 5.41) is 0. The Hall–Kier alpha value is -2.02. The van der Waals surface area contributed by atoms with Crippen LogP contribution in [0.25, 0.3) is 6.08 Å². The largest absolute Gasteiger partial charge is 0.366 e. The molecule has 0 aromatic heterocycles. The molecule has 1 saturated heterocycles. The van der Waals surface area contributed by atoms with Gasteiger partial charge in [0, 0.05) is 6.42 Å². The molecule has 0 bridgehead atoms. The highest BCUT2D eigenvalue weighted by atomic mass is 32.2. The SMILES string of the molecule is CS(=O)(=O)O[C@@H]1CO[C@H](c2ccccc2)/C(=C\c2ccc(F)cc2)C1. The van der Waals surface area contributed by atoms with E-state index < -0.39 is 16.2 Å². The summed E-state index contributed by atoms with van der Waals surface area (Å²) in [5.41, 5.74) is 2.69. The second kappa shape index (κ2) is 7.47. The molecule has 1 aliphatic rings. The van der Waals surface area contributed by atoms with Gasteiger partial charge in [0.1, 0.15) is 18.0 Å². The van der Waals surface area contributed by atoms with Crippen molar-refractivity contribution in [1.29, 1.82) is 0 Å². The Bertz CT molecular complexity index is 845. The molecule has 2 aromatic carbocycles. The molecule has 0 N–H and O–H groups in total. The van der Waals surface area contributed by atoms with E-state index in [0.29, 0.717) is 6.42 Å². The van der Waals surface area contributed by atoms with E-state index in [9.17, 15) is 12.8 Å². The predicted octanol–water partition coefficient (Wildman–Crippen LogP) is 3.72. The van der Waals surface area contributed by atoms with Crippen LogP contribution in [0.15, 0.2) is 60.2 Å². The second-order valence-electron chi connectivity index (χ2n) is 6.02. The Morgan fingerprint density at radius 2 is 1.80 bits per heavy atom. The predicted molar refractivity (Wildman–Crippen MR) is 93.8 cm³/mol. The van der Waals surface area contributed by atoms with Crippen molar-refractivity contribution in [2.45, 2.75) is 18.6 Å². The van der Waals surface area contributed by atoms with E-state index in [2.05, 4.69) is 0 Å². The fraction of sp³-hybridized carbons (Fsp3) is 0.263. The van der Waals surface area contributed by atoms with Crippen LogP contribution in [0.2, 0.25) is 0 Å². The average Bonchev–Trinajstić information content (AvgIpc) is 2.57. The molecule has 0 unspecified atom stereocenters. The fourth-order valence-corrected chi connectivity index (χ4v) is 3.51. The molecule has 2 atom stereocenters. The van der Waals surface area contributed by atoms with Crippen LogP contribution in [0.5, 0.6) is 0 Å². The molecular formula is C19H19FO4S. The van der Waals surface area contributed by atoms with Crippen molar-refractivity contribution in [2.75, 3.05) is 12.9 Å². The van der Waals surface area contributed by atoms with Gasteiger partial charge < -0.3 is 4.74 Å². The van der Waals surface area contributed by atoms with Gasteiger partial charge in [-0.1, -0.05) is 48.5 Å². The van der Waals surface area contributed by atoms with Crippen LogP contribution in [-0.2, 0) is 19.0 Å². The molecule has 0 saturated carbocycles. The van der Waals surface area contributed by atoms with Crippen molar-refractivity contribution < 1.29 is 21.7 Å². The third kappa shape index (κ3) is 4.98. The first-order valence-electron chi connectivity index (χ1n) is 7.91. The molecule has 4 nitrogen and oxygen atoms in total. The standard InChI is InChI=1S/C19H19FO4S/c1-25(21,22)24-18-12-16(11-14-7-9-17(20)10-8-14)19(23-13-18)15-5-3-2-4-6-15/h2-11,18-19H,12-13H2,1H3/b16-11-/t18-,19+/m0/s1. The van der Waals surface area contributed by atoms with Crippen LogP contribution in [-0.4, -0.2) is 27.4 Å². The molecule has 25 heavy (non-hydrogen) atoms. The van der Waals surface area contributed by atoms with Gasteiger partial charge in [0.2, 0.25) is 0 Å². The lowest BCUT2D eigenvalue weighted by Crippen LogP contribution is -2.31. The molecule has 3 rings (SSSR count). The van der Waals surface area contributed by atoms with Gasteiger partial charge in [-0.3, -0.25) is 4.18 Å². The van der Waals surface area contributed by atoms with Gasteiger partial charge in [0.05, 0.1) is 12.9 Å². The molecule has 6 heteroatoms. The number of hydrogen-bond acceptors (Lipinski definition) is 4. The Kier molecular flexibility index (Phi) is 5.32. The van der Waals surface area contributed by atoms with Gasteiger partial charge in [0.25, 0.3) is 10.1 Å². The average molecular weight is 362 g/mol. The van der Waals surface area contributed by atoms with E-state index in [1.54, 1.807) is 12.1 Å². The van der Waals surface area contributed by atoms with E-state index >= 15 is 0 Å². The maximum Gasteiger partial charge on any atom is 0.264 e. The van der Waals surface area contributed by atoms with Crippen molar-refractivity contribution >= 4 is 16.2 Å². The summed E-state index contributed by atoms with van der Waals surface area (Å²) in [6.45, 7) is 0.188. The van der Waals surface area contributed by atoms with Crippen LogP contribution in [0, 0.1) is 5.82 Å². The summed E-state index contributed by atoms with van der Waals surface area (Å²) in [6.07, 6.45) is 2.49. The third-order valence-corrected chi connectivity index (χ3v) is 4.51. The Morgan fingerprint density at radius 3 is 2.44 bits per heavy atom. The Balaban J connectivity index is 1.91. The Morgan fingerprint density at radius 1 is 1.12 bits per heavy atom. The summed E-state index contributed by atoms with van der Waals surface area (Å²) in [7, 11) is -3.56. The number of benzene rings is 2. The molecule has 0 amide bonds. The minimum Gasteiger partial charge on any atom is -0.366 e. The van der Waals surface area contributed by atoms with E-state index in [1.807, 2.05) is 36.4 Å². The highest BCUT2D eigenvalue weighted by molar-refractivity contribution is 7.86. The zero-order chi connectivity index (χ0) is 17.9. The molecule has 0 spiro atoms. The van der Waals surface area contributed by atoms with Crippen LogP contribution >= 0.6 is 0 Å². The lowest BCUT2D eigenvalue weighted by molar-refractivity contribution is -0.0116. The van der Waals surface area contributed by atoms with Crippen LogP contribution in [0.3, 0.4) is 0 Å². The summed E-state index contributed by atoms with van der Waals surface area (Å²) in [4.78, 5) is 0. The quantitative estimate of drug-likeness (QED) is 0.778. The fourth-order valence-electron chi connectivity index (χ4n) is 2.89. The molecule has 1 fully saturated rings. The summed E-state index contributed by atoms with van der Waals surface area (Å²) in [5.74, 6) is -0.306. The molecule has 132 valence electrons. The summed E-state index contributed by atoms with van der Waals surface area (Å²) >= 11 is 0. The molecule has 1 heterocycles. The van der Waals surface area contributed by atoms with Crippen molar-refractivity contribution in [3.05, 3.63) is 77.1 Å². The number of rotatable bonds is 4. The Labute approximate surface area is 147 Å². The highest BCUT2D eigenvalue weighted by Gasteiger charge is 2.30. The molecule has 1 aliphatic heterocycles. The van der Waals surface area contributed by atoms with Gasteiger partial charge in [-0.05, 0) is 28.8 Å². The van der Waals surface area contributed by atoms with E-state index in [4.69, 9.17) is 8.92 Å². The maximum absolute atomic E-state index is 13.1. The number of ether oxygens (including phenoxy) is 1. The van der Waals surface area contributed by atoms with E-state index in [0.717, 1.165) is 23.0 Å². The third-order valence-electron chi connectivity index (χ3n) is 3.88. The molecule has 2 aromatic rings. The second-order valence-corrected chi connectivity index (χ2v) is 7.62. The lowest BCUT2D eigenvalue weighted by Gasteiger charge is -2.31. The summed E-state index contributed by atoms with van der Waals surface area (Å²) in [6, 6.07) is 15.8. The van der Waals surface area contributed by atoms with Crippen molar-refractivity contribution in [2.24, 2.45) is 0 Å². The molecule has 0 aliphatic carbocycles. The molecular weight excluding hydrogens is 343 g/mol. The number of hydrogen-bond donors (Lipinski definition) is 0. The molecule has 0 radical (unpaired) electrons. The minimum absolute atomic E-state index is 0.188. The normalized spacial score (nSPS) is 22.9. The van der Waals surface area contributed by atoms with Gasteiger partial charge in [-0.15, -0.1) is 0 Å².